The first-order valence-electron chi connectivity index (χ1n) is 7.33. The Morgan fingerprint density at radius 2 is 2.00 bits per heavy atom. The standard InChI is InChI=1S/C15H15ClF3N5O2/c1-8(13(25)20-2)23(3)10-7-22-24(14(26)12(10)16)11-5-4-9(6-21-11)15(17,18)19/h4-8H,1-3H3,(H,20,25)/t8-/m0/s1. The normalized spacial score (nSPS) is 12.6. The molecule has 1 amide bonds. The Morgan fingerprint density at radius 1 is 1.35 bits per heavy atom. The van der Waals surface area contributed by atoms with Gasteiger partial charge in [-0.15, -0.1) is 0 Å². The summed E-state index contributed by atoms with van der Waals surface area (Å²) in [5.74, 6) is -0.407. The number of halogens is 4. The molecule has 26 heavy (non-hydrogen) atoms. The van der Waals surface area contributed by atoms with Crippen LogP contribution in [0.3, 0.4) is 0 Å². The lowest BCUT2D eigenvalue weighted by Crippen LogP contribution is -2.42. The van der Waals surface area contributed by atoms with Crippen LogP contribution in [-0.2, 0) is 11.0 Å². The molecule has 2 rings (SSSR count). The van der Waals surface area contributed by atoms with Gasteiger partial charge in [-0.1, -0.05) is 11.6 Å². The van der Waals surface area contributed by atoms with Crippen LogP contribution >= 0.6 is 11.6 Å². The van der Waals surface area contributed by atoms with Gasteiger partial charge in [0.25, 0.3) is 5.56 Å². The SMILES string of the molecule is CNC(=O)[C@H](C)N(C)c1cnn(-c2ccc(C(F)(F)F)cn2)c(=O)c1Cl. The fourth-order valence-corrected chi connectivity index (χ4v) is 2.37. The van der Waals surface area contributed by atoms with Gasteiger partial charge in [0.1, 0.15) is 11.1 Å². The number of nitrogens with one attached hydrogen (secondary N) is 1. The molecule has 2 heterocycles. The van der Waals surface area contributed by atoms with Crippen LogP contribution in [0, 0.1) is 0 Å². The monoisotopic (exact) mass is 389 g/mol. The lowest BCUT2D eigenvalue weighted by molar-refractivity contribution is -0.137. The molecule has 140 valence electrons. The highest BCUT2D eigenvalue weighted by Gasteiger charge is 2.31. The van der Waals surface area contributed by atoms with Crippen molar-refractivity contribution in [3.63, 3.8) is 0 Å². The van der Waals surface area contributed by atoms with Gasteiger partial charge in [-0.2, -0.15) is 23.0 Å². The number of hydrogen-bond acceptors (Lipinski definition) is 5. The Balaban J connectivity index is 2.41. The van der Waals surface area contributed by atoms with E-state index in [9.17, 15) is 22.8 Å². The first-order valence-corrected chi connectivity index (χ1v) is 7.71. The minimum atomic E-state index is -4.54. The Kier molecular flexibility index (Phi) is 5.55. The summed E-state index contributed by atoms with van der Waals surface area (Å²) in [5.41, 5.74) is -1.51. The second kappa shape index (κ2) is 7.32. The quantitative estimate of drug-likeness (QED) is 0.863. The van der Waals surface area contributed by atoms with Gasteiger partial charge in [0.2, 0.25) is 5.91 Å². The van der Waals surface area contributed by atoms with E-state index in [0.29, 0.717) is 6.20 Å². The Morgan fingerprint density at radius 3 is 2.50 bits per heavy atom. The van der Waals surface area contributed by atoms with Crippen LogP contribution in [-0.4, -0.2) is 40.8 Å². The van der Waals surface area contributed by atoms with Crippen molar-refractivity contribution in [2.45, 2.75) is 19.1 Å². The lowest BCUT2D eigenvalue weighted by Gasteiger charge is -2.26. The molecule has 0 aliphatic rings. The van der Waals surface area contributed by atoms with E-state index in [-0.39, 0.29) is 22.4 Å². The van der Waals surface area contributed by atoms with E-state index in [1.54, 1.807) is 14.0 Å². The van der Waals surface area contributed by atoms with Crippen molar-refractivity contribution >= 4 is 23.2 Å². The maximum Gasteiger partial charge on any atom is 0.417 e. The summed E-state index contributed by atoms with van der Waals surface area (Å²) in [7, 11) is 3.03. The summed E-state index contributed by atoms with van der Waals surface area (Å²) in [6.07, 6.45) is -2.70. The Hall–Kier alpha value is -2.62. The van der Waals surface area contributed by atoms with Gasteiger partial charge < -0.3 is 10.2 Å². The minimum Gasteiger partial charge on any atom is -0.360 e. The molecule has 0 spiro atoms. The van der Waals surface area contributed by atoms with Gasteiger partial charge in [-0.05, 0) is 19.1 Å². The molecule has 0 aliphatic heterocycles. The average Bonchev–Trinajstić information content (AvgIpc) is 2.61. The highest BCUT2D eigenvalue weighted by molar-refractivity contribution is 6.33. The van der Waals surface area contributed by atoms with E-state index in [0.717, 1.165) is 16.8 Å². The predicted octanol–water partition coefficient (Wildman–Crippen LogP) is 1.87. The molecule has 0 fully saturated rings. The van der Waals surface area contributed by atoms with Crippen LogP contribution in [0.4, 0.5) is 18.9 Å². The molecule has 11 heteroatoms. The number of pyridine rings is 1. The van der Waals surface area contributed by atoms with Crippen molar-refractivity contribution in [2.75, 3.05) is 19.0 Å². The molecule has 0 unspecified atom stereocenters. The van der Waals surface area contributed by atoms with Crippen LogP contribution in [0.15, 0.2) is 29.3 Å². The molecule has 0 bridgehead atoms. The van der Waals surface area contributed by atoms with Crippen LogP contribution in [0.25, 0.3) is 5.82 Å². The van der Waals surface area contributed by atoms with Gasteiger partial charge >= 0.3 is 6.18 Å². The fraction of sp³-hybridized carbons (Fsp3) is 0.333. The third kappa shape index (κ3) is 3.79. The van der Waals surface area contributed by atoms with Gasteiger partial charge in [-0.3, -0.25) is 9.59 Å². The van der Waals surface area contributed by atoms with E-state index in [1.165, 1.54) is 18.1 Å². The third-order valence-electron chi connectivity index (χ3n) is 3.78. The van der Waals surface area contributed by atoms with E-state index in [4.69, 9.17) is 11.6 Å². The predicted molar refractivity (Wildman–Crippen MR) is 89.6 cm³/mol. The first kappa shape index (κ1) is 19.7. The van der Waals surface area contributed by atoms with E-state index >= 15 is 0 Å². The number of alkyl halides is 3. The molecule has 0 radical (unpaired) electrons. The number of carbonyl (C=O) groups excluding carboxylic acids is 1. The van der Waals surface area contributed by atoms with Gasteiger partial charge in [0.15, 0.2) is 5.82 Å². The largest absolute Gasteiger partial charge is 0.417 e. The van der Waals surface area contributed by atoms with E-state index in [1.807, 2.05) is 0 Å². The highest BCUT2D eigenvalue weighted by Crippen LogP contribution is 2.28. The van der Waals surface area contributed by atoms with Crippen molar-refractivity contribution < 1.29 is 18.0 Å². The molecular weight excluding hydrogens is 375 g/mol. The summed E-state index contributed by atoms with van der Waals surface area (Å²) in [6, 6.07) is 1.18. The second-order valence-corrected chi connectivity index (χ2v) is 5.74. The second-order valence-electron chi connectivity index (χ2n) is 5.36. The molecule has 0 saturated carbocycles. The number of rotatable bonds is 4. The zero-order chi connectivity index (χ0) is 19.6. The number of carbonyl (C=O) groups is 1. The zero-order valence-corrected chi connectivity index (χ0v) is 14.8. The van der Waals surface area contributed by atoms with Crippen molar-refractivity contribution in [1.82, 2.24) is 20.1 Å². The number of hydrogen-bond donors (Lipinski definition) is 1. The van der Waals surface area contributed by atoms with E-state index < -0.39 is 23.3 Å². The van der Waals surface area contributed by atoms with E-state index in [2.05, 4.69) is 15.4 Å². The molecule has 1 N–H and O–H groups in total. The summed E-state index contributed by atoms with van der Waals surface area (Å²) in [6.45, 7) is 1.61. The topological polar surface area (TPSA) is 80.1 Å². The Bertz CT molecular complexity index is 867. The molecule has 2 aromatic rings. The fourth-order valence-electron chi connectivity index (χ4n) is 2.11. The van der Waals surface area contributed by atoms with Crippen molar-refractivity contribution in [3.8, 4) is 5.82 Å². The van der Waals surface area contributed by atoms with Gasteiger partial charge in [0, 0.05) is 20.3 Å². The molecule has 7 nitrogen and oxygen atoms in total. The van der Waals surface area contributed by atoms with Crippen molar-refractivity contribution in [1.29, 1.82) is 0 Å². The summed E-state index contributed by atoms with van der Waals surface area (Å²) < 4.78 is 38.6. The summed E-state index contributed by atoms with van der Waals surface area (Å²) in [4.78, 5) is 29.2. The number of amides is 1. The van der Waals surface area contributed by atoms with Crippen molar-refractivity contribution in [2.24, 2.45) is 0 Å². The van der Waals surface area contributed by atoms with Crippen molar-refractivity contribution in [3.05, 3.63) is 45.5 Å². The average molecular weight is 390 g/mol. The number of nitrogens with zero attached hydrogens (tertiary/aromatic N) is 4. The van der Waals surface area contributed by atoms with Gasteiger partial charge in [-0.25, -0.2) is 4.98 Å². The summed E-state index contributed by atoms with van der Waals surface area (Å²) in [5, 5.41) is 6.13. The minimum absolute atomic E-state index is 0.113. The lowest BCUT2D eigenvalue weighted by atomic mass is 10.2. The molecule has 2 aromatic heterocycles. The van der Waals surface area contributed by atoms with Crippen LogP contribution < -0.4 is 15.8 Å². The summed E-state index contributed by atoms with van der Waals surface area (Å²) >= 11 is 6.08. The maximum atomic E-state index is 12.6. The first-order chi connectivity index (χ1) is 12.1. The third-order valence-corrected chi connectivity index (χ3v) is 4.13. The van der Waals surface area contributed by atoms with Gasteiger partial charge in [0.05, 0.1) is 17.4 Å². The maximum absolute atomic E-state index is 12.6. The highest BCUT2D eigenvalue weighted by atomic mass is 35.5. The molecule has 1 atom stereocenters. The van der Waals surface area contributed by atoms with Crippen LogP contribution in [0.1, 0.15) is 12.5 Å². The molecule has 0 aliphatic carbocycles. The molecule has 0 saturated heterocycles. The zero-order valence-electron chi connectivity index (χ0n) is 14.0. The molecule has 0 aromatic carbocycles. The molecular formula is C15H15ClF3N5O2. The number of anilines is 1. The smallest absolute Gasteiger partial charge is 0.360 e. The number of likely N-dealkylation sites (N-methyl/N-ethyl adjacent to an activating group) is 2. The Labute approximate surface area is 151 Å². The van der Waals surface area contributed by atoms with Crippen LogP contribution in [0.2, 0.25) is 5.02 Å². The number of aromatic nitrogens is 3. The van der Waals surface area contributed by atoms with Crippen LogP contribution in [0.5, 0.6) is 0 Å².